The highest BCUT2D eigenvalue weighted by molar-refractivity contribution is 6.32. The maximum atomic E-state index is 12.8. The summed E-state index contributed by atoms with van der Waals surface area (Å²) in [5.74, 6) is 0.963. The molecule has 1 atom stereocenters. The zero-order valence-electron chi connectivity index (χ0n) is 20.5. The van der Waals surface area contributed by atoms with Crippen LogP contribution in [-0.4, -0.2) is 47.4 Å². The molecule has 0 bridgehead atoms. The van der Waals surface area contributed by atoms with Gasteiger partial charge in [0.15, 0.2) is 0 Å². The Morgan fingerprint density at radius 3 is 2.59 bits per heavy atom. The summed E-state index contributed by atoms with van der Waals surface area (Å²) in [6.45, 7) is 2.02. The Morgan fingerprint density at radius 2 is 1.86 bits per heavy atom. The van der Waals surface area contributed by atoms with Crippen LogP contribution in [0.25, 0.3) is 17.2 Å². The number of fused-ring (bicyclic) bond motifs is 1. The lowest BCUT2D eigenvalue weighted by atomic mass is 9.99. The van der Waals surface area contributed by atoms with E-state index in [9.17, 15) is 9.59 Å². The summed E-state index contributed by atoms with van der Waals surface area (Å²) in [5.41, 5.74) is 10.0. The van der Waals surface area contributed by atoms with Crippen LogP contribution in [0.5, 0.6) is 5.75 Å². The highest BCUT2D eigenvalue weighted by atomic mass is 35.5. The molecule has 5 rings (SSSR count). The molecular weight excluding hydrogens is 488 g/mol. The Bertz CT molecular complexity index is 1320. The first-order chi connectivity index (χ1) is 18.0. The predicted octanol–water partition coefficient (Wildman–Crippen LogP) is 4.74. The average molecular weight is 517 g/mol. The van der Waals surface area contributed by atoms with Gasteiger partial charge in [-0.2, -0.15) is 0 Å². The van der Waals surface area contributed by atoms with Gasteiger partial charge in [-0.25, -0.2) is 4.98 Å². The quantitative estimate of drug-likeness (QED) is 0.461. The van der Waals surface area contributed by atoms with E-state index in [-0.39, 0.29) is 17.9 Å². The summed E-state index contributed by atoms with van der Waals surface area (Å²) in [4.78, 5) is 31.0. The van der Waals surface area contributed by atoms with Gasteiger partial charge in [-0.1, -0.05) is 23.7 Å². The lowest BCUT2D eigenvalue weighted by molar-refractivity contribution is -0.116. The number of nitrogens with two attached hydrogens (primary N) is 1. The van der Waals surface area contributed by atoms with Crippen LogP contribution in [0.15, 0.2) is 60.8 Å². The molecule has 37 heavy (non-hydrogen) atoms. The molecule has 3 heterocycles. The molecular formula is C29H29ClN4O3. The van der Waals surface area contributed by atoms with Crippen molar-refractivity contribution in [3.63, 3.8) is 0 Å². The second-order valence-electron chi connectivity index (χ2n) is 9.42. The maximum Gasteiger partial charge on any atom is 0.253 e. The molecule has 1 saturated heterocycles. The van der Waals surface area contributed by atoms with Crippen LogP contribution in [-0.2, 0) is 11.2 Å². The fourth-order valence-electron chi connectivity index (χ4n) is 4.71. The molecule has 8 heteroatoms. The summed E-state index contributed by atoms with van der Waals surface area (Å²) in [6, 6.07) is 15.1. The van der Waals surface area contributed by atoms with Crippen LogP contribution in [0.3, 0.4) is 0 Å². The van der Waals surface area contributed by atoms with Gasteiger partial charge >= 0.3 is 0 Å². The first-order valence-corrected chi connectivity index (χ1v) is 12.9. The molecule has 0 aliphatic carbocycles. The van der Waals surface area contributed by atoms with Crippen LogP contribution in [0.1, 0.15) is 40.7 Å². The number of anilines is 1. The Hall–Kier alpha value is -3.84. The summed E-state index contributed by atoms with van der Waals surface area (Å²) >= 11 is 6.57. The van der Waals surface area contributed by atoms with E-state index >= 15 is 0 Å². The monoisotopic (exact) mass is 516 g/mol. The molecule has 0 saturated carbocycles. The number of likely N-dealkylation sites (tertiary alicyclic amines) is 1. The van der Waals surface area contributed by atoms with E-state index in [0.29, 0.717) is 35.1 Å². The zero-order valence-corrected chi connectivity index (χ0v) is 21.2. The number of amides is 2. The number of pyridine rings is 1. The van der Waals surface area contributed by atoms with Gasteiger partial charge in [0.2, 0.25) is 5.91 Å². The van der Waals surface area contributed by atoms with E-state index in [1.54, 1.807) is 24.4 Å². The van der Waals surface area contributed by atoms with Crippen molar-refractivity contribution in [2.45, 2.75) is 31.8 Å². The van der Waals surface area contributed by atoms with E-state index in [0.717, 1.165) is 48.2 Å². The molecule has 7 nitrogen and oxygen atoms in total. The third-order valence-electron chi connectivity index (χ3n) is 6.70. The first kappa shape index (κ1) is 24.8. The zero-order chi connectivity index (χ0) is 25.8. The van der Waals surface area contributed by atoms with Gasteiger partial charge in [0, 0.05) is 42.9 Å². The van der Waals surface area contributed by atoms with Crippen LogP contribution in [0.2, 0.25) is 5.02 Å². The van der Waals surface area contributed by atoms with Crippen molar-refractivity contribution in [2.24, 2.45) is 0 Å². The van der Waals surface area contributed by atoms with Crippen molar-refractivity contribution in [3.8, 4) is 16.9 Å². The maximum absolute atomic E-state index is 12.8. The smallest absolute Gasteiger partial charge is 0.253 e. The van der Waals surface area contributed by atoms with E-state index in [2.05, 4.69) is 16.4 Å². The van der Waals surface area contributed by atoms with Crippen molar-refractivity contribution in [3.05, 3.63) is 82.5 Å². The van der Waals surface area contributed by atoms with Crippen molar-refractivity contribution >= 4 is 35.3 Å². The molecule has 0 radical (unpaired) electrons. The van der Waals surface area contributed by atoms with Gasteiger partial charge in [-0.15, -0.1) is 0 Å². The van der Waals surface area contributed by atoms with E-state index < -0.39 is 0 Å². The standard InChI is InChI=1S/C29H29ClN4O3/c30-25-16-22(20-6-8-21(9-7-20)29(36)34-12-2-1-3-13-34)14-23-15-24(37-28(23)25)18-33-27(35)11-5-19-4-10-26(31)32-17-19/h4-11,14,16-17,24H,1-3,12-13,15,18H2,(H2,31,32)(H,33,35). The van der Waals surface area contributed by atoms with Crippen LogP contribution in [0, 0.1) is 0 Å². The Kier molecular flexibility index (Phi) is 7.42. The largest absolute Gasteiger partial charge is 0.486 e. The fraction of sp³-hybridized carbons (Fsp3) is 0.276. The molecule has 3 aromatic rings. The molecule has 2 aliphatic heterocycles. The predicted molar refractivity (Wildman–Crippen MR) is 145 cm³/mol. The summed E-state index contributed by atoms with van der Waals surface area (Å²) in [6.07, 6.45) is 8.52. The van der Waals surface area contributed by atoms with Crippen molar-refractivity contribution < 1.29 is 14.3 Å². The molecule has 2 aromatic carbocycles. The third-order valence-corrected chi connectivity index (χ3v) is 6.98. The van der Waals surface area contributed by atoms with Crippen LogP contribution in [0.4, 0.5) is 5.82 Å². The number of nitrogens with zero attached hydrogens (tertiary/aromatic N) is 2. The van der Waals surface area contributed by atoms with Crippen LogP contribution < -0.4 is 15.8 Å². The number of rotatable bonds is 6. The number of halogens is 1. The number of hydrogen-bond acceptors (Lipinski definition) is 5. The minimum atomic E-state index is -0.220. The number of piperidine rings is 1. The molecule has 1 fully saturated rings. The number of hydrogen-bond donors (Lipinski definition) is 2. The molecule has 1 unspecified atom stereocenters. The van der Waals surface area contributed by atoms with Crippen molar-refractivity contribution in [2.75, 3.05) is 25.4 Å². The van der Waals surface area contributed by atoms with E-state index in [1.807, 2.05) is 35.2 Å². The van der Waals surface area contributed by atoms with Gasteiger partial charge in [-0.05, 0) is 78.4 Å². The Morgan fingerprint density at radius 1 is 1.08 bits per heavy atom. The lowest BCUT2D eigenvalue weighted by Gasteiger charge is -2.26. The normalized spacial score (nSPS) is 16.9. The number of nitrogen functional groups attached to an aromatic ring is 1. The van der Waals surface area contributed by atoms with Crippen molar-refractivity contribution in [1.29, 1.82) is 0 Å². The Labute approximate surface area is 221 Å². The molecule has 2 aliphatic rings. The number of aromatic nitrogens is 1. The minimum absolute atomic E-state index is 0.0940. The summed E-state index contributed by atoms with van der Waals surface area (Å²) in [7, 11) is 0. The number of benzene rings is 2. The Balaban J connectivity index is 1.19. The van der Waals surface area contributed by atoms with Gasteiger partial charge in [-0.3, -0.25) is 9.59 Å². The van der Waals surface area contributed by atoms with Gasteiger partial charge in [0.25, 0.3) is 5.91 Å². The van der Waals surface area contributed by atoms with Crippen LogP contribution >= 0.6 is 11.6 Å². The molecule has 3 N–H and O–H groups in total. The number of carbonyl (C=O) groups is 2. The van der Waals surface area contributed by atoms with E-state index in [1.165, 1.54) is 12.5 Å². The second-order valence-corrected chi connectivity index (χ2v) is 9.82. The highest BCUT2D eigenvalue weighted by Crippen LogP contribution is 2.39. The molecule has 0 spiro atoms. The first-order valence-electron chi connectivity index (χ1n) is 12.5. The lowest BCUT2D eigenvalue weighted by Crippen LogP contribution is -2.35. The van der Waals surface area contributed by atoms with Gasteiger partial charge in [0.05, 0.1) is 11.6 Å². The number of ether oxygens (including phenoxy) is 1. The summed E-state index contributed by atoms with van der Waals surface area (Å²) < 4.78 is 6.03. The number of carbonyl (C=O) groups excluding carboxylic acids is 2. The number of nitrogens with one attached hydrogen (secondary N) is 1. The molecule has 1 aromatic heterocycles. The minimum Gasteiger partial charge on any atom is -0.486 e. The second kappa shape index (κ2) is 11.0. The average Bonchev–Trinajstić information content (AvgIpc) is 3.35. The van der Waals surface area contributed by atoms with Crippen molar-refractivity contribution in [1.82, 2.24) is 15.2 Å². The molecule has 2 amide bonds. The summed E-state index contributed by atoms with van der Waals surface area (Å²) in [5, 5.41) is 3.41. The van der Waals surface area contributed by atoms with Gasteiger partial charge < -0.3 is 20.7 Å². The highest BCUT2D eigenvalue weighted by Gasteiger charge is 2.26. The topological polar surface area (TPSA) is 97.5 Å². The van der Waals surface area contributed by atoms with E-state index in [4.69, 9.17) is 22.1 Å². The van der Waals surface area contributed by atoms with Gasteiger partial charge in [0.1, 0.15) is 17.7 Å². The SMILES string of the molecule is Nc1ccc(C=CC(=O)NCC2Cc3cc(-c4ccc(C(=O)N5CCCCC5)cc4)cc(Cl)c3O2)cn1. The third kappa shape index (κ3) is 5.94. The molecule has 190 valence electrons. The fourth-order valence-corrected chi connectivity index (χ4v) is 5.00.